The molecule has 0 aliphatic rings. The van der Waals surface area contributed by atoms with E-state index in [4.69, 9.17) is 9.84 Å². The zero-order chi connectivity index (χ0) is 27.4. The molecule has 2 N–H and O–H groups in total. The van der Waals surface area contributed by atoms with Crippen LogP contribution in [0, 0.1) is 0 Å². The Morgan fingerprint density at radius 2 is 0.865 bits per heavy atom. The number of aliphatic carboxylic acids is 1. The van der Waals surface area contributed by atoms with Gasteiger partial charge in [0.25, 0.3) is 0 Å². The summed E-state index contributed by atoms with van der Waals surface area (Å²) in [6.45, 7) is 4.48. The van der Waals surface area contributed by atoms with Gasteiger partial charge >= 0.3 is 11.9 Å². The molecular weight excluding hydrogens is 464 g/mol. The first-order valence-corrected chi connectivity index (χ1v) is 15.5. The van der Waals surface area contributed by atoms with E-state index in [0.29, 0.717) is 12.8 Å². The van der Waals surface area contributed by atoms with E-state index < -0.39 is 11.9 Å². The minimum Gasteiger partial charge on any atom is -0.512 e. The molecule has 5 heteroatoms. The van der Waals surface area contributed by atoms with E-state index in [0.717, 1.165) is 50.7 Å². The second kappa shape index (κ2) is 27.3. The molecule has 0 fully saturated rings. The Hall–Kier alpha value is -1.78. The molecule has 0 amide bonds. The van der Waals surface area contributed by atoms with Gasteiger partial charge in [0, 0.05) is 12.8 Å². The van der Waals surface area contributed by atoms with Gasteiger partial charge in [-0.1, -0.05) is 142 Å². The number of hydrogen-bond donors (Lipinski definition) is 2. The van der Waals surface area contributed by atoms with Crippen LogP contribution in [-0.4, -0.2) is 22.2 Å². The molecule has 216 valence electrons. The zero-order valence-electron chi connectivity index (χ0n) is 24.2. The highest BCUT2D eigenvalue weighted by Gasteiger charge is 2.09. The van der Waals surface area contributed by atoms with Crippen LogP contribution in [0.3, 0.4) is 0 Å². The van der Waals surface area contributed by atoms with Gasteiger partial charge in [-0.15, -0.1) is 0 Å². The van der Waals surface area contributed by atoms with Crippen LogP contribution in [0.15, 0.2) is 23.7 Å². The normalized spacial score (nSPS) is 12.2. The predicted octanol–water partition coefficient (Wildman–Crippen LogP) is 10.3. The van der Waals surface area contributed by atoms with Gasteiger partial charge in [-0.2, -0.15) is 0 Å². The first-order valence-electron chi connectivity index (χ1n) is 15.5. The van der Waals surface area contributed by atoms with Gasteiger partial charge in [-0.25, -0.2) is 9.59 Å². The Bertz CT molecular complexity index is 608. The third kappa shape index (κ3) is 27.1. The Balaban J connectivity index is 3.96. The van der Waals surface area contributed by atoms with Gasteiger partial charge in [0.05, 0.1) is 17.9 Å². The number of ether oxygens (including phenoxy) is 1. The number of carbonyl (C=O) groups is 2. The van der Waals surface area contributed by atoms with Crippen molar-refractivity contribution in [2.45, 2.75) is 168 Å². The first kappa shape index (κ1) is 35.2. The quantitative estimate of drug-likeness (QED) is 0.0485. The van der Waals surface area contributed by atoms with Gasteiger partial charge in [-0.05, 0) is 12.8 Å². The average molecular weight is 523 g/mol. The topological polar surface area (TPSA) is 83.8 Å². The number of unbranched alkanes of at least 4 members (excludes halogenated alkanes) is 20. The number of hydrogen-bond acceptors (Lipinski definition) is 4. The van der Waals surface area contributed by atoms with E-state index >= 15 is 0 Å². The number of carboxylic acid groups (broad SMARTS) is 1. The van der Waals surface area contributed by atoms with Crippen molar-refractivity contribution in [1.82, 2.24) is 0 Å². The number of carboxylic acids is 1. The minimum absolute atomic E-state index is 0.00490. The van der Waals surface area contributed by atoms with Crippen LogP contribution in [0.2, 0.25) is 0 Å². The lowest BCUT2D eigenvalue weighted by atomic mass is 10.0. The smallest absolute Gasteiger partial charge is 0.339 e. The maximum Gasteiger partial charge on any atom is 0.339 e. The molecule has 0 aliphatic heterocycles. The first-order chi connectivity index (χ1) is 18.0. The fourth-order valence-corrected chi connectivity index (χ4v) is 4.59. The molecule has 0 saturated heterocycles. The molecule has 5 nitrogen and oxygen atoms in total. The fourth-order valence-electron chi connectivity index (χ4n) is 4.59. The second-order valence-corrected chi connectivity index (χ2v) is 10.6. The Morgan fingerprint density at radius 1 is 0.514 bits per heavy atom. The molecule has 0 aliphatic carbocycles. The van der Waals surface area contributed by atoms with Gasteiger partial charge in [0.15, 0.2) is 0 Å². The van der Waals surface area contributed by atoms with Crippen LogP contribution in [0.4, 0.5) is 0 Å². The van der Waals surface area contributed by atoms with E-state index in [1.807, 2.05) is 0 Å². The second-order valence-electron chi connectivity index (χ2n) is 10.6. The Kier molecular flexibility index (Phi) is 25.9. The Morgan fingerprint density at radius 3 is 1.24 bits per heavy atom. The van der Waals surface area contributed by atoms with Crippen LogP contribution in [0.1, 0.15) is 168 Å². The lowest BCUT2D eigenvalue weighted by Gasteiger charge is -2.07. The molecule has 0 heterocycles. The van der Waals surface area contributed by atoms with Crippen molar-refractivity contribution in [3.63, 3.8) is 0 Å². The van der Waals surface area contributed by atoms with Crippen molar-refractivity contribution < 1.29 is 24.5 Å². The summed E-state index contributed by atoms with van der Waals surface area (Å²) in [6.07, 6.45) is 29.7. The number of aliphatic hydroxyl groups excluding tert-OH is 1. The molecule has 0 aromatic heterocycles. The molecule has 0 unspecified atom stereocenters. The van der Waals surface area contributed by atoms with Crippen LogP contribution in [0.5, 0.6) is 0 Å². The number of rotatable bonds is 27. The summed E-state index contributed by atoms with van der Waals surface area (Å²) in [7, 11) is 0. The Labute approximate surface area is 228 Å². The summed E-state index contributed by atoms with van der Waals surface area (Å²) >= 11 is 0. The summed E-state index contributed by atoms with van der Waals surface area (Å²) in [5, 5.41) is 19.2. The molecule has 0 radical (unpaired) electrons. The van der Waals surface area contributed by atoms with Gasteiger partial charge in [0.1, 0.15) is 5.76 Å². The average Bonchev–Trinajstić information content (AvgIpc) is 2.85. The molecule has 0 aromatic carbocycles. The molecule has 0 rings (SSSR count). The van der Waals surface area contributed by atoms with E-state index in [-0.39, 0.29) is 11.5 Å². The largest absolute Gasteiger partial charge is 0.512 e. The lowest BCUT2D eigenvalue weighted by Crippen LogP contribution is -2.05. The zero-order valence-corrected chi connectivity index (χ0v) is 24.2. The lowest BCUT2D eigenvalue weighted by molar-refractivity contribution is -0.134. The van der Waals surface area contributed by atoms with Crippen molar-refractivity contribution >= 4 is 11.9 Å². The van der Waals surface area contributed by atoms with Crippen LogP contribution >= 0.6 is 0 Å². The van der Waals surface area contributed by atoms with Gasteiger partial charge < -0.3 is 14.9 Å². The molecule has 0 bridgehead atoms. The number of allylic oxidation sites excluding steroid dienone is 2. The van der Waals surface area contributed by atoms with Crippen LogP contribution in [0.25, 0.3) is 0 Å². The summed E-state index contributed by atoms with van der Waals surface area (Å²) in [5.74, 6) is -1.66. The number of esters is 1. The van der Waals surface area contributed by atoms with E-state index in [2.05, 4.69) is 13.8 Å². The van der Waals surface area contributed by atoms with Crippen molar-refractivity contribution in [2.24, 2.45) is 0 Å². The minimum atomic E-state index is -1.12. The highest BCUT2D eigenvalue weighted by molar-refractivity contribution is 5.85. The molecule has 37 heavy (non-hydrogen) atoms. The monoisotopic (exact) mass is 522 g/mol. The third-order valence-electron chi connectivity index (χ3n) is 6.86. The van der Waals surface area contributed by atoms with Crippen molar-refractivity contribution in [2.75, 3.05) is 0 Å². The summed E-state index contributed by atoms with van der Waals surface area (Å²) in [6, 6.07) is 0. The molecule has 0 spiro atoms. The van der Waals surface area contributed by atoms with Crippen molar-refractivity contribution in [3.8, 4) is 0 Å². The molecular formula is C32H58O5. The fraction of sp³-hybridized carbons (Fsp3) is 0.812. The van der Waals surface area contributed by atoms with Crippen molar-refractivity contribution in [3.05, 3.63) is 23.7 Å². The SMILES string of the molecule is CCCCCCCCCCCCCC(O)=CC(=O)OC(=CC(=O)O)CCCCCCCCCCCCC. The van der Waals surface area contributed by atoms with E-state index in [9.17, 15) is 14.7 Å². The van der Waals surface area contributed by atoms with E-state index in [1.165, 1.54) is 103 Å². The summed E-state index contributed by atoms with van der Waals surface area (Å²) in [4.78, 5) is 23.3. The predicted molar refractivity (Wildman–Crippen MR) is 155 cm³/mol. The summed E-state index contributed by atoms with van der Waals surface area (Å²) < 4.78 is 5.24. The van der Waals surface area contributed by atoms with Crippen LogP contribution < -0.4 is 0 Å². The number of carbonyl (C=O) groups excluding carboxylic acids is 1. The standard InChI is InChI=1S/C32H58O5/c1-3-5-7-9-11-13-15-17-19-21-23-25-29(33)27-32(36)37-30(28-31(34)35)26-24-22-20-18-16-14-12-10-8-6-4-2/h27-28,33H,3-26H2,1-2H3,(H,34,35). The highest BCUT2D eigenvalue weighted by atomic mass is 16.5. The molecule has 0 atom stereocenters. The molecule has 0 aromatic rings. The number of aliphatic hydroxyl groups is 1. The maximum atomic E-state index is 12.2. The summed E-state index contributed by atoms with van der Waals surface area (Å²) in [5.41, 5.74) is 0. The third-order valence-corrected chi connectivity index (χ3v) is 6.86. The maximum absolute atomic E-state index is 12.2. The molecule has 0 saturated carbocycles. The van der Waals surface area contributed by atoms with Crippen LogP contribution in [-0.2, 0) is 14.3 Å². The van der Waals surface area contributed by atoms with E-state index in [1.54, 1.807) is 0 Å². The highest BCUT2D eigenvalue weighted by Crippen LogP contribution is 2.16. The van der Waals surface area contributed by atoms with Crippen molar-refractivity contribution in [1.29, 1.82) is 0 Å². The van der Waals surface area contributed by atoms with Gasteiger partial charge in [0.2, 0.25) is 0 Å². The van der Waals surface area contributed by atoms with Gasteiger partial charge in [-0.3, -0.25) is 0 Å².